The number of rotatable bonds is 6. The third kappa shape index (κ3) is 4.29. The fourth-order valence-electron chi connectivity index (χ4n) is 2.46. The highest BCUT2D eigenvalue weighted by atomic mass is 79.9. The van der Waals surface area contributed by atoms with E-state index in [0.29, 0.717) is 6.42 Å². The van der Waals surface area contributed by atoms with E-state index >= 15 is 0 Å². The summed E-state index contributed by atoms with van der Waals surface area (Å²) in [5.41, 5.74) is 2.03. The SMILES string of the molecule is CCNC(Cc1cc(F)cc(Br)c1)c1ccccc1OC. The predicted octanol–water partition coefficient (Wildman–Crippen LogP) is 4.49. The smallest absolute Gasteiger partial charge is 0.124 e. The first kappa shape index (κ1) is 16.0. The van der Waals surface area contributed by atoms with Crippen LogP contribution in [0.1, 0.15) is 24.1 Å². The van der Waals surface area contributed by atoms with Crippen LogP contribution in [-0.2, 0) is 6.42 Å². The van der Waals surface area contributed by atoms with Gasteiger partial charge in [-0.05, 0) is 42.8 Å². The molecule has 0 saturated carbocycles. The molecular weight excluding hydrogens is 333 g/mol. The molecule has 2 aromatic carbocycles. The Morgan fingerprint density at radius 1 is 1.24 bits per heavy atom. The van der Waals surface area contributed by atoms with Gasteiger partial charge < -0.3 is 10.1 Å². The summed E-state index contributed by atoms with van der Waals surface area (Å²) in [6.07, 6.45) is 0.699. The molecule has 0 bridgehead atoms. The second-order valence-corrected chi connectivity index (χ2v) is 5.75. The molecule has 1 unspecified atom stereocenters. The van der Waals surface area contributed by atoms with E-state index < -0.39 is 0 Å². The number of ether oxygens (including phenoxy) is 1. The summed E-state index contributed by atoms with van der Waals surface area (Å²) in [5, 5.41) is 3.44. The molecule has 1 atom stereocenters. The zero-order valence-electron chi connectivity index (χ0n) is 12.2. The number of para-hydroxylation sites is 1. The summed E-state index contributed by atoms with van der Waals surface area (Å²) in [6, 6.07) is 13.0. The lowest BCUT2D eigenvalue weighted by atomic mass is 9.98. The van der Waals surface area contributed by atoms with Gasteiger partial charge in [-0.2, -0.15) is 0 Å². The van der Waals surface area contributed by atoms with Crippen molar-refractivity contribution in [2.24, 2.45) is 0 Å². The van der Waals surface area contributed by atoms with E-state index in [9.17, 15) is 4.39 Å². The van der Waals surface area contributed by atoms with Crippen molar-refractivity contribution in [1.29, 1.82) is 0 Å². The van der Waals surface area contributed by atoms with Gasteiger partial charge in [0.1, 0.15) is 11.6 Å². The van der Waals surface area contributed by atoms with Crippen molar-refractivity contribution < 1.29 is 9.13 Å². The maximum Gasteiger partial charge on any atom is 0.124 e. The monoisotopic (exact) mass is 351 g/mol. The van der Waals surface area contributed by atoms with Crippen molar-refractivity contribution in [3.8, 4) is 5.75 Å². The summed E-state index contributed by atoms with van der Waals surface area (Å²) < 4.78 is 19.7. The van der Waals surface area contributed by atoms with Crippen molar-refractivity contribution in [2.75, 3.05) is 13.7 Å². The molecule has 0 aliphatic rings. The number of benzene rings is 2. The van der Waals surface area contributed by atoms with Gasteiger partial charge in [0.25, 0.3) is 0 Å². The molecule has 0 heterocycles. The Hall–Kier alpha value is -1.39. The minimum absolute atomic E-state index is 0.0832. The van der Waals surface area contributed by atoms with E-state index in [1.165, 1.54) is 6.07 Å². The van der Waals surface area contributed by atoms with Crippen molar-refractivity contribution in [1.82, 2.24) is 5.32 Å². The summed E-state index contributed by atoms with van der Waals surface area (Å²) >= 11 is 3.34. The van der Waals surface area contributed by atoms with Crippen LogP contribution in [0.3, 0.4) is 0 Å². The molecule has 1 N–H and O–H groups in total. The molecule has 0 aliphatic heterocycles. The van der Waals surface area contributed by atoms with Crippen LogP contribution in [0.4, 0.5) is 4.39 Å². The highest BCUT2D eigenvalue weighted by molar-refractivity contribution is 9.10. The van der Waals surface area contributed by atoms with Gasteiger partial charge in [-0.1, -0.05) is 41.1 Å². The van der Waals surface area contributed by atoms with Crippen molar-refractivity contribution in [3.05, 3.63) is 63.9 Å². The second kappa shape index (κ2) is 7.57. The van der Waals surface area contributed by atoms with Crippen LogP contribution in [0, 0.1) is 5.82 Å². The Kier molecular flexibility index (Phi) is 5.76. The average Bonchev–Trinajstić information content (AvgIpc) is 2.45. The third-order valence-electron chi connectivity index (χ3n) is 3.33. The van der Waals surface area contributed by atoms with Gasteiger partial charge in [-0.3, -0.25) is 0 Å². The number of hydrogen-bond acceptors (Lipinski definition) is 2. The molecule has 4 heteroatoms. The maximum absolute atomic E-state index is 13.5. The number of nitrogens with one attached hydrogen (secondary N) is 1. The van der Waals surface area contributed by atoms with Gasteiger partial charge in [-0.15, -0.1) is 0 Å². The number of hydrogen-bond donors (Lipinski definition) is 1. The normalized spacial score (nSPS) is 12.2. The molecule has 2 nitrogen and oxygen atoms in total. The molecule has 112 valence electrons. The number of halogens is 2. The van der Waals surface area contributed by atoms with Crippen LogP contribution in [-0.4, -0.2) is 13.7 Å². The van der Waals surface area contributed by atoms with Crippen LogP contribution in [0.2, 0.25) is 0 Å². The second-order valence-electron chi connectivity index (χ2n) is 4.83. The zero-order chi connectivity index (χ0) is 15.2. The lowest BCUT2D eigenvalue weighted by molar-refractivity contribution is 0.399. The zero-order valence-corrected chi connectivity index (χ0v) is 13.8. The van der Waals surface area contributed by atoms with E-state index in [-0.39, 0.29) is 11.9 Å². The molecule has 0 spiro atoms. The summed E-state index contributed by atoms with van der Waals surface area (Å²) in [7, 11) is 1.67. The molecule has 2 rings (SSSR count). The Morgan fingerprint density at radius 2 is 2.00 bits per heavy atom. The largest absolute Gasteiger partial charge is 0.496 e. The first-order valence-electron chi connectivity index (χ1n) is 6.95. The first-order valence-corrected chi connectivity index (χ1v) is 7.74. The van der Waals surface area contributed by atoms with Crippen LogP contribution in [0.25, 0.3) is 0 Å². The minimum atomic E-state index is -0.227. The Labute approximate surface area is 133 Å². The Bertz CT molecular complexity index is 583. The minimum Gasteiger partial charge on any atom is -0.496 e. The lowest BCUT2D eigenvalue weighted by Gasteiger charge is -2.21. The summed E-state index contributed by atoms with van der Waals surface area (Å²) in [5.74, 6) is 0.619. The molecule has 0 amide bonds. The van der Waals surface area contributed by atoms with Crippen molar-refractivity contribution >= 4 is 15.9 Å². The predicted molar refractivity (Wildman–Crippen MR) is 87.2 cm³/mol. The van der Waals surface area contributed by atoms with E-state index in [0.717, 1.165) is 27.9 Å². The van der Waals surface area contributed by atoms with Gasteiger partial charge in [0.05, 0.1) is 7.11 Å². The summed E-state index contributed by atoms with van der Waals surface area (Å²) in [6.45, 7) is 2.89. The van der Waals surface area contributed by atoms with Crippen LogP contribution >= 0.6 is 15.9 Å². The maximum atomic E-state index is 13.5. The van der Waals surface area contributed by atoms with Gasteiger partial charge in [0.2, 0.25) is 0 Å². The molecule has 0 fully saturated rings. The highest BCUT2D eigenvalue weighted by Crippen LogP contribution is 2.28. The van der Waals surface area contributed by atoms with Gasteiger partial charge in [0.15, 0.2) is 0 Å². The number of methoxy groups -OCH3 is 1. The van der Waals surface area contributed by atoms with Crippen LogP contribution in [0.5, 0.6) is 5.75 Å². The van der Waals surface area contributed by atoms with Crippen LogP contribution < -0.4 is 10.1 Å². The first-order chi connectivity index (χ1) is 10.1. The molecule has 0 radical (unpaired) electrons. The van der Waals surface area contributed by atoms with Gasteiger partial charge >= 0.3 is 0 Å². The molecule has 0 saturated heterocycles. The third-order valence-corrected chi connectivity index (χ3v) is 3.78. The summed E-state index contributed by atoms with van der Waals surface area (Å²) in [4.78, 5) is 0. The van der Waals surface area contributed by atoms with E-state index in [4.69, 9.17) is 4.74 Å². The van der Waals surface area contributed by atoms with E-state index in [1.807, 2.05) is 30.3 Å². The molecule has 21 heavy (non-hydrogen) atoms. The molecular formula is C17H19BrFNO. The van der Waals surface area contributed by atoms with E-state index in [1.54, 1.807) is 13.2 Å². The molecule has 0 aromatic heterocycles. The van der Waals surface area contributed by atoms with Crippen molar-refractivity contribution in [3.63, 3.8) is 0 Å². The van der Waals surface area contributed by atoms with Crippen molar-refractivity contribution in [2.45, 2.75) is 19.4 Å². The van der Waals surface area contributed by atoms with Gasteiger partial charge in [0, 0.05) is 16.1 Å². The fourth-order valence-corrected chi connectivity index (χ4v) is 2.97. The Morgan fingerprint density at radius 3 is 2.67 bits per heavy atom. The molecule has 0 aliphatic carbocycles. The quantitative estimate of drug-likeness (QED) is 0.827. The highest BCUT2D eigenvalue weighted by Gasteiger charge is 2.16. The average molecular weight is 352 g/mol. The van der Waals surface area contributed by atoms with E-state index in [2.05, 4.69) is 28.2 Å². The van der Waals surface area contributed by atoms with Crippen LogP contribution in [0.15, 0.2) is 46.9 Å². The lowest BCUT2D eigenvalue weighted by Crippen LogP contribution is -2.23. The van der Waals surface area contributed by atoms with Gasteiger partial charge in [-0.25, -0.2) is 4.39 Å². The standard InChI is InChI=1S/C17H19BrFNO/c1-3-20-16(15-6-4-5-7-17(15)21-2)10-12-8-13(18)11-14(19)9-12/h4-9,11,16,20H,3,10H2,1-2H3. The topological polar surface area (TPSA) is 21.3 Å². The fraction of sp³-hybridized carbons (Fsp3) is 0.294. The molecule has 2 aromatic rings. The number of likely N-dealkylation sites (N-methyl/N-ethyl adjacent to an activating group) is 1. The Balaban J connectivity index is 2.30.